The Morgan fingerprint density at radius 3 is 2.55 bits per heavy atom. The largest absolute Gasteiger partial charge is 0.350 e. The maximum atomic E-state index is 12.9. The van der Waals surface area contributed by atoms with Gasteiger partial charge in [0.25, 0.3) is 0 Å². The van der Waals surface area contributed by atoms with Crippen molar-refractivity contribution < 1.29 is 9.59 Å². The number of nitrogens with zero attached hydrogens (tertiary/aromatic N) is 2. The number of thiazole rings is 1. The summed E-state index contributed by atoms with van der Waals surface area (Å²) in [5.41, 5.74) is 5.12. The first-order valence-corrected chi connectivity index (χ1v) is 11.6. The fourth-order valence-corrected chi connectivity index (χ4v) is 5.36. The number of carbonyl (C=O) groups is 2. The third-order valence-corrected chi connectivity index (χ3v) is 7.20. The second-order valence-corrected chi connectivity index (χ2v) is 9.06. The Morgan fingerprint density at radius 2 is 1.86 bits per heavy atom. The lowest BCUT2D eigenvalue weighted by Gasteiger charge is -2.30. The van der Waals surface area contributed by atoms with Gasteiger partial charge in [-0.3, -0.25) is 9.59 Å². The Balaban J connectivity index is 1.34. The molecule has 1 saturated carbocycles. The van der Waals surface area contributed by atoms with Crippen LogP contribution in [0.25, 0.3) is 10.4 Å². The summed E-state index contributed by atoms with van der Waals surface area (Å²) in [4.78, 5) is 33.0. The lowest BCUT2D eigenvalue weighted by molar-refractivity contribution is -0.142. The van der Waals surface area contributed by atoms with Crippen molar-refractivity contribution in [2.75, 3.05) is 6.54 Å². The third kappa shape index (κ3) is 4.53. The van der Waals surface area contributed by atoms with Gasteiger partial charge in [-0.1, -0.05) is 43.5 Å². The van der Waals surface area contributed by atoms with Crippen molar-refractivity contribution in [2.45, 2.75) is 64.5 Å². The molecule has 0 radical (unpaired) electrons. The van der Waals surface area contributed by atoms with Crippen LogP contribution >= 0.6 is 11.3 Å². The van der Waals surface area contributed by atoms with Crippen LogP contribution in [0.5, 0.6) is 0 Å². The molecule has 2 aliphatic rings. The number of nitrogens with one attached hydrogen (secondary N) is 1. The van der Waals surface area contributed by atoms with Gasteiger partial charge in [0.15, 0.2) is 0 Å². The third-order valence-electron chi connectivity index (χ3n) is 6.22. The predicted molar refractivity (Wildman–Crippen MR) is 115 cm³/mol. The maximum absolute atomic E-state index is 12.9. The van der Waals surface area contributed by atoms with E-state index in [4.69, 9.17) is 0 Å². The fraction of sp³-hybridized carbons (Fsp3) is 0.522. The van der Waals surface area contributed by atoms with Crippen molar-refractivity contribution in [1.29, 1.82) is 0 Å². The monoisotopic (exact) mass is 411 g/mol. The minimum atomic E-state index is -0.302. The molecule has 0 bridgehead atoms. The van der Waals surface area contributed by atoms with Gasteiger partial charge < -0.3 is 10.2 Å². The summed E-state index contributed by atoms with van der Waals surface area (Å²) in [7, 11) is 0. The molecule has 2 aromatic rings. The van der Waals surface area contributed by atoms with Crippen LogP contribution in [0, 0.1) is 12.8 Å². The van der Waals surface area contributed by atoms with Crippen LogP contribution in [-0.2, 0) is 16.1 Å². The second kappa shape index (κ2) is 9.08. The molecule has 1 aromatic carbocycles. The second-order valence-electron chi connectivity index (χ2n) is 8.21. The summed E-state index contributed by atoms with van der Waals surface area (Å²) in [6.07, 6.45) is 7.16. The number of benzene rings is 1. The van der Waals surface area contributed by atoms with Gasteiger partial charge in [0.05, 0.1) is 16.1 Å². The van der Waals surface area contributed by atoms with E-state index in [1.807, 2.05) is 29.5 Å². The van der Waals surface area contributed by atoms with Crippen LogP contribution in [-0.4, -0.2) is 34.3 Å². The van der Waals surface area contributed by atoms with E-state index < -0.39 is 0 Å². The Hall–Kier alpha value is -2.21. The molecule has 29 heavy (non-hydrogen) atoms. The van der Waals surface area contributed by atoms with Gasteiger partial charge in [0.1, 0.15) is 6.04 Å². The quantitative estimate of drug-likeness (QED) is 0.798. The Morgan fingerprint density at radius 1 is 1.10 bits per heavy atom. The van der Waals surface area contributed by atoms with E-state index in [0.717, 1.165) is 61.9 Å². The molecule has 1 unspecified atom stereocenters. The summed E-state index contributed by atoms with van der Waals surface area (Å²) < 4.78 is 0. The zero-order chi connectivity index (χ0) is 20.2. The van der Waals surface area contributed by atoms with Gasteiger partial charge in [-0.05, 0) is 43.7 Å². The first kappa shape index (κ1) is 20.1. The number of amides is 2. The molecule has 1 aliphatic heterocycles. The number of likely N-dealkylation sites (tertiary alicyclic amines) is 1. The molecule has 0 spiro atoms. The lowest BCUT2D eigenvalue weighted by Crippen LogP contribution is -2.47. The van der Waals surface area contributed by atoms with Gasteiger partial charge in [0, 0.05) is 19.0 Å². The van der Waals surface area contributed by atoms with Gasteiger partial charge >= 0.3 is 0 Å². The zero-order valence-corrected chi connectivity index (χ0v) is 17.8. The maximum Gasteiger partial charge on any atom is 0.243 e. The number of hydrogen-bond acceptors (Lipinski definition) is 4. The number of rotatable bonds is 5. The molecule has 5 nitrogen and oxygen atoms in total. The Kier molecular flexibility index (Phi) is 6.28. The smallest absolute Gasteiger partial charge is 0.243 e. The first-order valence-electron chi connectivity index (χ1n) is 10.7. The van der Waals surface area contributed by atoms with E-state index in [1.54, 1.807) is 11.3 Å². The van der Waals surface area contributed by atoms with Crippen LogP contribution < -0.4 is 5.32 Å². The average Bonchev–Trinajstić information content (AvgIpc) is 3.42. The van der Waals surface area contributed by atoms with Gasteiger partial charge in [-0.2, -0.15) is 0 Å². The number of carbonyl (C=O) groups excluding carboxylic acids is 2. The van der Waals surface area contributed by atoms with Crippen LogP contribution in [0.15, 0.2) is 29.8 Å². The highest BCUT2D eigenvalue weighted by atomic mass is 32.1. The van der Waals surface area contributed by atoms with Gasteiger partial charge in [0.2, 0.25) is 11.8 Å². The van der Waals surface area contributed by atoms with E-state index in [1.165, 1.54) is 11.3 Å². The molecule has 1 aromatic heterocycles. The molecule has 2 fully saturated rings. The van der Waals surface area contributed by atoms with Crippen molar-refractivity contribution in [3.63, 3.8) is 0 Å². The van der Waals surface area contributed by atoms with Crippen LogP contribution in [0.3, 0.4) is 0 Å². The van der Waals surface area contributed by atoms with Crippen LogP contribution in [0.4, 0.5) is 0 Å². The Labute approximate surface area is 176 Å². The molecule has 1 N–H and O–H groups in total. The molecular formula is C23H29N3O2S. The van der Waals surface area contributed by atoms with Crippen molar-refractivity contribution >= 4 is 23.2 Å². The number of aromatic nitrogens is 1. The molecule has 1 saturated heterocycles. The van der Waals surface area contributed by atoms with E-state index in [-0.39, 0.29) is 23.8 Å². The topological polar surface area (TPSA) is 62.3 Å². The van der Waals surface area contributed by atoms with E-state index >= 15 is 0 Å². The summed E-state index contributed by atoms with van der Waals surface area (Å²) in [6, 6.07) is 7.96. The lowest BCUT2D eigenvalue weighted by atomic mass is 9.88. The average molecular weight is 412 g/mol. The van der Waals surface area contributed by atoms with Gasteiger partial charge in [-0.25, -0.2) is 4.98 Å². The molecule has 2 amide bonds. The van der Waals surface area contributed by atoms with E-state index in [9.17, 15) is 9.59 Å². The predicted octanol–water partition coefficient (Wildman–Crippen LogP) is 4.31. The molecule has 154 valence electrons. The van der Waals surface area contributed by atoms with Gasteiger partial charge in [-0.15, -0.1) is 11.3 Å². The normalized spacial score (nSPS) is 20.0. The molecule has 6 heteroatoms. The molecule has 2 heterocycles. The molecule has 4 rings (SSSR count). The first-order chi connectivity index (χ1) is 14.1. The van der Waals surface area contributed by atoms with Crippen LogP contribution in [0.1, 0.15) is 56.2 Å². The van der Waals surface area contributed by atoms with Crippen molar-refractivity contribution in [2.24, 2.45) is 5.92 Å². The summed E-state index contributed by atoms with van der Waals surface area (Å²) in [6.45, 7) is 3.22. The number of hydrogen-bond donors (Lipinski definition) is 1. The zero-order valence-electron chi connectivity index (χ0n) is 17.0. The number of aryl methyl sites for hydroxylation is 1. The van der Waals surface area contributed by atoms with E-state index in [2.05, 4.69) is 22.4 Å². The molecular weight excluding hydrogens is 382 g/mol. The summed E-state index contributed by atoms with van der Waals surface area (Å²) in [5, 5.41) is 3.05. The van der Waals surface area contributed by atoms with Crippen molar-refractivity contribution in [3.8, 4) is 10.4 Å². The highest BCUT2D eigenvalue weighted by Crippen LogP contribution is 2.29. The van der Waals surface area contributed by atoms with E-state index in [0.29, 0.717) is 6.54 Å². The molecule has 1 atom stereocenters. The standard InChI is InChI=1S/C23H29N3O2S/c1-16-21(29-15-25-16)18-11-9-17(10-12-18)14-24-22(27)20-8-5-13-26(20)23(28)19-6-3-2-4-7-19/h9-12,15,19-20H,2-8,13-14H2,1H3,(H,24,27). The molecule has 1 aliphatic carbocycles. The van der Waals surface area contributed by atoms with Crippen molar-refractivity contribution in [1.82, 2.24) is 15.2 Å². The SMILES string of the molecule is Cc1ncsc1-c1ccc(CNC(=O)C2CCCN2C(=O)C2CCCCC2)cc1. The Bertz CT molecular complexity index is 855. The van der Waals surface area contributed by atoms with Crippen molar-refractivity contribution in [3.05, 3.63) is 41.0 Å². The fourth-order valence-electron chi connectivity index (χ4n) is 4.55. The minimum Gasteiger partial charge on any atom is -0.350 e. The summed E-state index contributed by atoms with van der Waals surface area (Å²) in [5.74, 6) is 0.306. The minimum absolute atomic E-state index is 0.0194. The summed E-state index contributed by atoms with van der Waals surface area (Å²) >= 11 is 1.64. The highest BCUT2D eigenvalue weighted by molar-refractivity contribution is 7.13. The van der Waals surface area contributed by atoms with Crippen LogP contribution in [0.2, 0.25) is 0 Å². The highest BCUT2D eigenvalue weighted by Gasteiger charge is 2.37.